The van der Waals surface area contributed by atoms with Crippen molar-refractivity contribution in [2.45, 2.75) is 26.3 Å². The Morgan fingerprint density at radius 1 is 1.37 bits per heavy atom. The van der Waals surface area contributed by atoms with Crippen LogP contribution in [0, 0.1) is 0 Å². The lowest BCUT2D eigenvalue weighted by molar-refractivity contribution is 0.0694. The van der Waals surface area contributed by atoms with E-state index >= 15 is 0 Å². The summed E-state index contributed by atoms with van der Waals surface area (Å²) < 4.78 is 5.18. The van der Waals surface area contributed by atoms with Gasteiger partial charge in [-0.1, -0.05) is 26.0 Å². The van der Waals surface area contributed by atoms with E-state index in [4.69, 9.17) is 9.52 Å². The average molecular weight is 259 g/mol. The molecule has 0 amide bonds. The summed E-state index contributed by atoms with van der Waals surface area (Å²) in [5.41, 5.74) is 2.40. The molecule has 1 aromatic heterocycles. The van der Waals surface area contributed by atoms with Gasteiger partial charge in [0.1, 0.15) is 11.3 Å². The highest BCUT2D eigenvalue weighted by Crippen LogP contribution is 2.19. The monoisotopic (exact) mass is 259 g/mol. The maximum absolute atomic E-state index is 10.9. The van der Waals surface area contributed by atoms with Crippen molar-refractivity contribution in [3.63, 3.8) is 0 Å². The number of carboxylic acids is 1. The molecule has 100 valence electrons. The maximum Gasteiger partial charge on any atom is 0.339 e. The molecule has 2 N–H and O–H groups in total. The zero-order chi connectivity index (χ0) is 13.8. The van der Waals surface area contributed by atoms with Crippen molar-refractivity contribution in [2.24, 2.45) is 0 Å². The molecule has 0 unspecified atom stereocenters. The molecule has 0 bridgehead atoms. The molecule has 1 heterocycles. The summed E-state index contributed by atoms with van der Waals surface area (Å²) in [4.78, 5) is 10.9. The third-order valence-corrected chi connectivity index (χ3v) is 2.98. The van der Waals surface area contributed by atoms with E-state index in [1.807, 2.05) is 12.1 Å². The van der Waals surface area contributed by atoms with Crippen LogP contribution in [0.4, 0.5) is 5.69 Å². The van der Waals surface area contributed by atoms with Crippen molar-refractivity contribution < 1.29 is 14.3 Å². The number of aromatic carboxylic acids is 1. The molecule has 0 atom stereocenters. The van der Waals surface area contributed by atoms with Crippen LogP contribution in [0.25, 0.3) is 0 Å². The molecule has 0 saturated heterocycles. The highest BCUT2D eigenvalue weighted by Gasteiger charge is 2.12. The molecule has 19 heavy (non-hydrogen) atoms. The van der Waals surface area contributed by atoms with Gasteiger partial charge in [-0.2, -0.15) is 0 Å². The third kappa shape index (κ3) is 3.16. The van der Waals surface area contributed by atoms with E-state index in [1.165, 1.54) is 17.9 Å². The Labute approximate surface area is 112 Å². The summed E-state index contributed by atoms with van der Waals surface area (Å²) in [6, 6.07) is 9.54. The minimum absolute atomic E-state index is 0.201. The fourth-order valence-electron chi connectivity index (χ4n) is 1.86. The number of carbonyl (C=O) groups is 1. The standard InChI is InChI=1S/C15H17NO3/c1-10(2)11-4-3-5-12(8-11)16-9-14-13(15(17)18)6-7-19-14/h3-8,10,16H,9H2,1-2H3,(H,17,18). The number of rotatable bonds is 5. The van der Waals surface area contributed by atoms with Crippen LogP contribution in [0.2, 0.25) is 0 Å². The largest absolute Gasteiger partial charge is 0.478 e. The molecule has 0 aliphatic heterocycles. The van der Waals surface area contributed by atoms with E-state index in [0.29, 0.717) is 18.2 Å². The van der Waals surface area contributed by atoms with Crippen LogP contribution in [0.1, 0.15) is 41.4 Å². The van der Waals surface area contributed by atoms with Gasteiger partial charge in [-0.15, -0.1) is 0 Å². The first-order chi connectivity index (χ1) is 9.08. The van der Waals surface area contributed by atoms with Gasteiger partial charge in [-0.05, 0) is 29.7 Å². The van der Waals surface area contributed by atoms with Crippen LogP contribution in [-0.4, -0.2) is 11.1 Å². The summed E-state index contributed by atoms with van der Waals surface area (Å²) >= 11 is 0. The van der Waals surface area contributed by atoms with Crippen LogP contribution >= 0.6 is 0 Å². The van der Waals surface area contributed by atoms with E-state index in [1.54, 1.807) is 0 Å². The molecule has 0 saturated carbocycles. The molecule has 0 fully saturated rings. The van der Waals surface area contributed by atoms with Gasteiger partial charge in [0, 0.05) is 5.69 Å². The quantitative estimate of drug-likeness (QED) is 0.859. The topological polar surface area (TPSA) is 62.5 Å². The predicted molar refractivity (Wildman–Crippen MR) is 73.5 cm³/mol. The second-order valence-electron chi connectivity index (χ2n) is 4.70. The van der Waals surface area contributed by atoms with Crippen molar-refractivity contribution in [3.05, 3.63) is 53.5 Å². The SMILES string of the molecule is CC(C)c1cccc(NCc2occc2C(=O)O)c1. The number of hydrogen-bond donors (Lipinski definition) is 2. The molecular weight excluding hydrogens is 242 g/mol. The predicted octanol–water partition coefficient (Wildman–Crippen LogP) is 3.71. The molecule has 0 aliphatic rings. The average Bonchev–Trinajstić information content (AvgIpc) is 2.85. The first-order valence-corrected chi connectivity index (χ1v) is 6.21. The second-order valence-corrected chi connectivity index (χ2v) is 4.70. The fraction of sp³-hybridized carbons (Fsp3) is 0.267. The van der Waals surface area contributed by atoms with Crippen molar-refractivity contribution in [1.29, 1.82) is 0 Å². The third-order valence-electron chi connectivity index (χ3n) is 2.98. The Kier molecular flexibility index (Phi) is 3.90. The Hall–Kier alpha value is -2.23. The number of carboxylic acid groups (broad SMARTS) is 1. The Morgan fingerprint density at radius 2 is 2.16 bits per heavy atom. The van der Waals surface area contributed by atoms with E-state index in [9.17, 15) is 4.79 Å². The number of benzene rings is 1. The van der Waals surface area contributed by atoms with Gasteiger partial charge >= 0.3 is 5.97 Å². The van der Waals surface area contributed by atoms with Gasteiger partial charge < -0.3 is 14.8 Å². The van der Waals surface area contributed by atoms with E-state index in [0.717, 1.165) is 5.69 Å². The molecule has 0 spiro atoms. The van der Waals surface area contributed by atoms with Gasteiger partial charge in [0.15, 0.2) is 0 Å². The van der Waals surface area contributed by atoms with Crippen LogP contribution < -0.4 is 5.32 Å². The van der Waals surface area contributed by atoms with Gasteiger partial charge in [-0.25, -0.2) is 4.79 Å². The highest BCUT2D eigenvalue weighted by molar-refractivity contribution is 5.88. The smallest absolute Gasteiger partial charge is 0.339 e. The Balaban J connectivity index is 2.08. The van der Waals surface area contributed by atoms with Crippen molar-refractivity contribution in [1.82, 2.24) is 0 Å². The first-order valence-electron chi connectivity index (χ1n) is 6.21. The summed E-state index contributed by atoms with van der Waals surface area (Å²) in [6.07, 6.45) is 1.39. The summed E-state index contributed by atoms with van der Waals surface area (Å²) in [5.74, 6) is -0.0797. The molecule has 4 heteroatoms. The molecule has 4 nitrogen and oxygen atoms in total. The molecule has 1 aromatic carbocycles. The summed E-state index contributed by atoms with van der Waals surface area (Å²) in [7, 11) is 0. The normalized spacial score (nSPS) is 10.7. The number of furan rings is 1. The van der Waals surface area contributed by atoms with Crippen molar-refractivity contribution >= 4 is 11.7 Å². The minimum Gasteiger partial charge on any atom is -0.478 e. The summed E-state index contributed by atoms with van der Waals surface area (Å²) in [6.45, 7) is 4.62. The van der Waals surface area contributed by atoms with Crippen LogP contribution in [0.5, 0.6) is 0 Å². The lowest BCUT2D eigenvalue weighted by atomic mass is 10.0. The Bertz CT molecular complexity index is 572. The fourth-order valence-corrected chi connectivity index (χ4v) is 1.86. The van der Waals surface area contributed by atoms with Crippen LogP contribution in [0.15, 0.2) is 41.0 Å². The van der Waals surface area contributed by atoms with Gasteiger partial charge in [0.05, 0.1) is 12.8 Å². The van der Waals surface area contributed by atoms with Gasteiger partial charge in [0.2, 0.25) is 0 Å². The minimum atomic E-state index is -0.971. The van der Waals surface area contributed by atoms with Crippen LogP contribution in [0.3, 0.4) is 0 Å². The van der Waals surface area contributed by atoms with E-state index in [2.05, 4.69) is 31.3 Å². The maximum atomic E-state index is 10.9. The lowest BCUT2D eigenvalue weighted by Gasteiger charge is -2.09. The molecule has 2 rings (SSSR count). The van der Waals surface area contributed by atoms with Crippen LogP contribution in [-0.2, 0) is 6.54 Å². The molecule has 0 aliphatic carbocycles. The number of hydrogen-bond acceptors (Lipinski definition) is 3. The Morgan fingerprint density at radius 3 is 2.84 bits per heavy atom. The zero-order valence-corrected chi connectivity index (χ0v) is 11.0. The molecule has 2 aromatic rings. The van der Waals surface area contributed by atoms with Gasteiger partial charge in [0.25, 0.3) is 0 Å². The van der Waals surface area contributed by atoms with E-state index < -0.39 is 5.97 Å². The molecular formula is C15H17NO3. The summed E-state index contributed by atoms with van der Waals surface area (Å²) in [5, 5.41) is 12.2. The lowest BCUT2D eigenvalue weighted by Crippen LogP contribution is -2.05. The second kappa shape index (κ2) is 5.61. The van der Waals surface area contributed by atoms with Crippen molar-refractivity contribution in [2.75, 3.05) is 5.32 Å². The first kappa shape index (κ1) is 13.2. The van der Waals surface area contributed by atoms with Gasteiger partial charge in [-0.3, -0.25) is 0 Å². The van der Waals surface area contributed by atoms with E-state index in [-0.39, 0.29) is 5.56 Å². The van der Waals surface area contributed by atoms with Crippen molar-refractivity contribution in [3.8, 4) is 0 Å². The highest BCUT2D eigenvalue weighted by atomic mass is 16.4. The molecule has 0 radical (unpaired) electrons. The number of anilines is 1. The zero-order valence-electron chi connectivity index (χ0n) is 11.0. The number of nitrogens with one attached hydrogen (secondary N) is 1.